The highest BCUT2D eigenvalue weighted by Gasteiger charge is 2.26. The van der Waals surface area contributed by atoms with Gasteiger partial charge < -0.3 is 19.4 Å². The quantitative estimate of drug-likeness (QED) is 0.440. The van der Waals surface area contributed by atoms with Crippen LogP contribution in [0.1, 0.15) is 49.1 Å². The number of ether oxygens (including phenoxy) is 2. The summed E-state index contributed by atoms with van der Waals surface area (Å²) in [5.41, 5.74) is 2.41. The van der Waals surface area contributed by atoms with Crippen LogP contribution >= 0.6 is 0 Å². The summed E-state index contributed by atoms with van der Waals surface area (Å²) in [7, 11) is 1.53. The molecule has 1 N–H and O–H groups in total. The Labute approximate surface area is 213 Å². The standard InChI is InChI=1S/C28H37N5O3/c1-21(2)17-25(29-27(34)20-35-3)28-31-30-26-13-14-32(15-16-33(26)28)18-22-9-11-24(12-10-22)36-19-23-7-5-4-6-8-23/h4-12,21,25H,13-20H2,1-3H3,(H,29,34). The molecule has 0 saturated heterocycles. The number of nitrogens with one attached hydrogen (secondary N) is 1. The average molecular weight is 492 g/mol. The zero-order valence-electron chi connectivity index (χ0n) is 21.5. The van der Waals surface area contributed by atoms with Crippen LogP contribution in [0.25, 0.3) is 0 Å². The summed E-state index contributed by atoms with van der Waals surface area (Å²) >= 11 is 0. The number of rotatable bonds is 11. The monoisotopic (exact) mass is 491 g/mol. The number of nitrogens with zero attached hydrogens (tertiary/aromatic N) is 4. The van der Waals surface area contributed by atoms with Crippen molar-refractivity contribution in [1.29, 1.82) is 0 Å². The first-order valence-corrected chi connectivity index (χ1v) is 12.7. The lowest BCUT2D eigenvalue weighted by Crippen LogP contribution is -2.34. The molecule has 36 heavy (non-hydrogen) atoms. The molecule has 0 fully saturated rings. The van der Waals surface area contributed by atoms with Gasteiger partial charge in [-0.05, 0) is 35.6 Å². The molecule has 8 heteroatoms. The van der Waals surface area contributed by atoms with Gasteiger partial charge in [0.05, 0.1) is 6.04 Å². The molecule has 4 rings (SSSR count). The summed E-state index contributed by atoms with van der Waals surface area (Å²) in [6.07, 6.45) is 1.63. The zero-order valence-corrected chi connectivity index (χ0v) is 21.5. The van der Waals surface area contributed by atoms with Crippen LogP contribution in [0.2, 0.25) is 0 Å². The van der Waals surface area contributed by atoms with Gasteiger partial charge >= 0.3 is 0 Å². The van der Waals surface area contributed by atoms with E-state index in [2.05, 4.69) is 63.1 Å². The van der Waals surface area contributed by atoms with E-state index in [1.165, 1.54) is 12.7 Å². The van der Waals surface area contributed by atoms with E-state index in [1.807, 2.05) is 30.3 Å². The minimum Gasteiger partial charge on any atom is -0.489 e. The summed E-state index contributed by atoms with van der Waals surface area (Å²) in [5, 5.41) is 12.1. The van der Waals surface area contributed by atoms with E-state index in [1.54, 1.807) is 0 Å². The topological polar surface area (TPSA) is 81.5 Å². The Kier molecular flexibility index (Phi) is 9.08. The predicted octanol–water partition coefficient (Wildman–Crippen LogP) is 3.77. The maximum Gasteiger partial charge on any atom is 0.246 e. The Morgan fingerprint density at radius 2 is 1.78 bits per heavy atom. The van der Waals surface area contributed by atoms with Crippen molar-refractivity contribution < 1.29 is 14.3 Å². The number of carbonyl (C=O) groups excluding carboxylic acids is 1. The molecule has 0 bridgehead atoms. The molecular formula is C28H37N5O3. The van der Waals surface area contributed by atoms with Crippen molar-refractivity contribution in [2.45, 2.75) is 52.4 Å². The molecule has 1 amide bonds. The minimum atomic E-state index is -0.177. The molecule has 0 aliphatic carbocycles. The van der Waals surface area contributed by atoms with Crippen molar-refractivity contribution in [3.8, 4) is 5.75 Å². The summed E-state index contributed by atoms with van der Waals surface area (Å²) in [6.45, 7) is 8.37. The lowest BCUT2D eigenvalue weighted by Gasteiger charge is -2.22. The lowest BCUT2D eigenvalue weighted by atomic mass is 10.0. The second-order valence-corrected chi connectivity index (χ2v) is 9.75. The Morgan fingerprint density at radius 1 is 1.00 bits per heavy atom. The summed E-state index contributed by atoms with van der Waals surface area (Å²) in [5.74, 6) is 2.97. The molecule has 1 aliphatic heterocycles. The normalized spacial score (nSPS) is 14.8. The van der Waals surface area contributed by atoms with Crippen LogP contribution in [0.5, 0.6) is 5.75 Å². The second-order valence-electron chi connectivity index (χ2n) is 9.75. The van der Waals surface area contributed by atoms with Crippen molar-refractivity contribution >= 4 is 5.91 Å². The number of aromatic nitrogens is 3. The molecule has 2 aromatic carbocycles. The van der Waals surface area contributed by atoms with E-state index in [9.17, 15) is 4.79 Å². The number of carbonyl (C=O) groups is 1. The highest BCUT2D eigenvalue weighted by atomic mass is 16.5. The highest BCUT2D eigenvalue weighted by Crippen LogP contribution is 2.23. The van der Waals surface area contributed by atoms with Gasteiger partial charge in [0.1, 0.15) is 24.8 Å². The van der Waals surface area contributed by atoms with Crippen molar-refractivity contribution in [1.82, 2.24) is 25.0 Å². The van der Waals surface area contributed by atoms with Gasteiger partial charge in [0.15, 0.2) is 5.82 Å². The molecule has 1 aliphatic rings. The van der Waals surface area contributed by atoms with Gasteiger partial charge in [0, 0.05) is 39.7 Å². The Bertz CT molecular complexity index is 1100. The fourth-order valence-electron chi connectivity index (χ4n) is 4.56. The Morgan fingerprint density at radius 3 is 2.50 bits per heavy atom. The zero-order chi connectivity index (χ0) is 25.3. The summed E-state index contributed by atoms with van der Waals surface area (Å²) in [4.78, 5) is 14.7. The molecular weight excluding hydrogens is 454 g/mol. The third kappa shape index (κ3) is 7.15. The number of benzene rings is 2. The SMILES string of the molecule is COCC(=O)NC(CC(C)C)c1nnc2n1CCN(Cc1ccc(OCc3ccccc3)cc1)CC2. The molecule has 192 valence electrons. The van der Waals surface area contributed by atoms with Crippen LogP contribution in [0, 0.1) is 5.92 Å². The first-order valence-electron chi connectivity index (χ1n) is 12.7. The molecule has 3 aromatic rings. The largest absolute Gasteiger partial charge is 0.489 e. The smallest absolute Gasteiger partial charge is 0.246 e. The van der Waals surface area contributed by atoms with Gasteiger partial charge in [0.2, 0.25) is 5.91 Å². The molecule has 0 radical (unpaired) electrons. The van der Waals surface area contributed by atoms with Crippen molar-refractivity contribution in [3.63, 3.8) is 0 Å². The van der Waals surface area contributed by atoms with Crippen LogP contribution in [-0.2, 0) is 35.6 Å². The minimum absolute atomic E-state index is 0.0411. The van der Waals surface area contributed by atoms with Gasteiger partial charge in [-0.1, -0.05) is 56.3 Å². The van der Waals surface area contributed by atoms with Crippen LogP contribution in [0.15, 0.2) is 54.6 Å². The maximum absolute atomic E-state index is 12.2. The summed E-state index contributed by atoms with van der Waals surface area (Å²) in [6, 6.07) is 18.4. The van der Waals surface area contributed by atoms with Gasteiger partial charge in [-0.15, -0.1) is 10.2 Å². The molecule has 8 nitrogen and oxygen atoms in total. The molecule has 0 saturated carbocycles. The number of fused-ring (bicyclic) bond motifs is 1. The summed E-state index contributed by atoms with van der Waals surface area (Å²) < 4.78 is 13.1. The van der Waals surface area contributed by atoms with Gasteiger partial charge in [-0.3, -0.25) is 9.69 Å². The van der Waals surface area contributed by atoms with E-state index < -0.39 is 0 Å². The van der Waals surface area contributed by atoms with E-state index in [0.29, 0.717) is 12.5 Å². The third-order valence-electron chi connectivity index (χ3n) is 6.35. The van der Waals surface area contributed by atoms with Crippen molar-refractivity contribution in [2.24, 2.45) is 5.92 Å². The maximum atomic E-state index is 12.2. The Hall–Kier alpha value is -3.23. The number of methoxy groups -OCH3 is 1. The Balaban J connectivity index is 1.35. The molecule has 1 aromatic heterocycles. The fourth-order valence-corrected chi connectivity index (χ4v) is 4.56. The lowest BCUT2D eigenvalue weighted by molar-refractivity contribution is -0.125. The number of hydrogen-bond acceptors (Lipinski definition) is 6. The highest BCUT2D eigenvalue weighted by molar-refractivity contribution is 5.77. The van der Waals surface area contributed by atoms with Gasteiger partial charge in [-0.2, -0.15) is 0 Å². The van der Waals surface area contributed by atoms with Crippen LogP contribution in [0.3, 0.4) is 0 Å². The van der Waals surface area contributed by atoms with Gasteiger partial charge in [0.25, 0.3) is 0 Å². The van der Waals surface area contributed by atoms with Crippen LogP contribution in [-0.4, -0.2) is 52.4 Å². The molecule has 0 spiro atoms. The van der Waals surface area contributed by atoms with Crippen molar-refractivity contribution in [3.05, 3.63) is 77.4 Å². The molecule has 1 unspecified atom stereocenters. The number of hydrogen-bond donors (Lipinski definition) is 1. The van der Waals surface area contributed by atoms with Gasteiger partial charge in [-0.25, -0.2) is 0 Å². The molecule has 2 heterocycles. The number of amides is 1. The van der Waals surface area contributed by atoms with Crippen molar-refractivity contribution in [2.75, 3.05) is 26.8 Å². The average Bonchev–Trinajstić information content (AvgIpc) is 3.17. The third-order valence-corrected chi connectivity index (χ3v) is 6.35. The first-order chi connectivity index (χ1) is 17.5. The van der Waals surface area contributed by atoms with Crippen LogP contribution < -0.4 is 10.1 Å². The first kappa shape index (κ1) is 25.9. The second kappa shape index (κ2) is 12.6. The van der Waals surface area contributed by atoms with Crippen LogP contribution in [0.4, 0.5) is 0 Å². The fraction of sp³-hybridized carbons (Fsp3) is 0.464. The predicted molar refractivity (Wildman–Crippen MR) is 138 cm³/mol. The van der Waals surface area contributed by atoms with E-state index in [-0.39, 0.29) is 18.6 Å². The molecule has 1 atom stereocenters. The van der Waals surface area contributed by atoms with E-state index >= 15 is 0 Å². The van der Waals surface area contributed by atoms with E-state index in [4.69, 9.17) is 9.47 Å². The van der Waals surface area contributed by atoms with E-state index in [0.717, 1.165) is 62.0 Å².